The summed E-state index contributed by atoms with van der Waals surface area (Å²) in [6.45, 7) is 2.19. The van der Waals surface area contributed by atoms with Crippen molar-refractivity contribution in [3.05, 3.63) is 126 Å². The van der Waals surface area contributed by atoms with Crippen LogP contribution in [0.25, 0.3) is 16.6 Å². The van der Waals surface area contributed by atoms with E-state index in [1.807, 2.05) is 0 Å². The van der Waals surface area contributed by atoms with Crippen LogP contribution in [0.5, 0.6) is 0 Å². The van der Waals surface area contributed by atoms with Crippen molar-refractivity contribution in [3.63, 3.8) is 0 Å². The Kier molecular flexibility index (Phi) is 5.76. The maximum atomic E-state index is 5.43. The van der Waals surface area contributed by atoms with Crippen LogP contribution in [0.15, 0.2) is 114 Å². The number of hydrogen-bond acceptors (Lipinski definition) is 1. The zero-order valence-corrected chi connectivity index (χ0v) is 20.7. The molecule has 1 aliphatic heterocycles. The molecule has 0 bridgehead atoms. The first-order valence-electron chi connectivity index (χ1n) is 11.2. The molecule has 0 spiro atoms. The van der Waals surface area contributed by atoms with E-state index in [1.54, 1.807) is 0 Å². The smallest absolute Gasteiger partial charge is 0.239 e. The fourth-order valence-corrected chi connectivity index (χ4v) is 4.93. The molecule has 0 radical (unpaired) electrons. The lowest BCUT2D eigenvalue weighted by molar-refractivity contribution is -0.399. The van der Waals surface area contributed by atoms with E-state index >= 15 is 0 Å². The lowest BCUT2D eigenvalue weighted by Crippen LogP contribution is -3.00. The topological polar surface area (TPSA) is 19.8 Å². The van der Waals surface area contributed by atoms with Crippen LogP contribution >= 0.6 is 0 Å². The third-order valence-corrected chi connectivity index (χ3v) is 6.48. The summed E-state index contributed by atoms with van der Waals surface area (Å²) in [5.74, 6) is 0.961. The average Bonchev–Trinajstić information content (AvgIpc) is 3.32. The van der Waals surface area contributed by atoms with E-state index in [1.165, 1.54) is 27.9 Å². The summed E-state index contributed by atoms with van der Waals surface area (Å²) in [4.78, 5) is 5.43. The number of aryl methyl sites for hydroxylation is 1. The largest absolute Gasteiger partial charge is 1.00 e. The van der Waals surface area contributed by atoms with E-state index in [0.29, 0.717) is 0 Å². The second-order valence-corrected chi connectivity index (χ2v) is 8.40. The zero-order chi connectivity index (χ0) is 22.4. The Hall–Kier alpha value is -3.76. The van der Waals surface area contributed by atoms with Gasteiger partial charge < -0.3 is 21.4 Å². The summed E-state index contributed by atoms with van der Waals surface area (Å²) in [6, 6.07) is 36.0. The molecule has 0 saturated heterocycles. The minimum Gasteiger partial charge on any atom is -1.00 e. The minimum absolute atomic E-state index is 0. The van der Waals surface area contributed by atoms with Crippen molar-refractivity contribution in [1.82, 2.24) is 4.40 Å². The number of para-hydroxylation sites is 1. The highest BCUT2D eigenvalue weighted by molar-refractivity contribution is 6.54. The lowest BCUT2D eigenvalue weighted by Gasteiger charge is -2.06. The van der Waals surface area contributed by atoms with Crippen molar-refractivity contribution in [2.24, 2.45) is 4.99 Å². The molecule has 6 rings (SSSR count). The molecule has 3 aromatic carbocycles. The van der Waals surface area contributed by atoms with Gasteiger partial charge in [0, 0.05) is 23.4 Å². The number of aliphatic imine (C=N–C) groups is 1. The normalized spacial score (nSPS) is 13.9. The van der Waals surface area contributed by atoms with Gasteiger partial charge in [0.05, 0.1) is 11.1 Å². The maximum absolute atomic E-state index is 5.43. The molecule has 0 amide bonds. The van der Waals surface area contributed by atoms with Crippen molar-refractivity contribution >= 4 is 28.4 Å². The number of halogens is 1. The van der Waals surface area contributed by atoms with Crippen molar-refractivity contribution < 1.29 is 21.6 Å². The van der Waals surface area contributed by atoms with E-state index in [2.05, 4.69) is 132 Å². The Morgan fingerprint density at radius 3 is 2.06 bits per heavy atom. The molecule has 5 aromatic rings. The second kappa shape index (κ2) is 8.88. The van der Waals surface area contributed by atoms with Crippen LogP contribution in [-0.4, -0.2) is 27.4 Å². The first kappa shape index (κ1) is 22.1. The summed E-state index contributed by atoms with van der Waals surface area (Å²) >= 11 is 0. The molecule has 0 atom stereocenters. The van der Waals surface area contributed by atoms with Gasteiger partial charge in [-0.15, -0.1) is 0 Å². The van der Waals surface area contributed by atoms with Gasteiger partial charge in [-0.1, -0.05) is 66.7 Å². The molecule has 166 valence electrons. The lowest BCUT2D eigenvalue weighted by atomic mass is 10.0. The van der Waals surface area contributed by atoms with Crippen LogP contribution in [-0.2, 0) is 0 Å². The third-order valence-electron chi connectivity index (χ3n) is 6.48. The standard InChI is InChI=1S/C30H24N3.BrH/c1-21-25-18-11-12-20-33(25)30(27(21)22-13-5-3-6-14-22)31-28-24-17-9-10-19-26(24)32(2)29(28)23-15-7-4-8-16-23;/h3-20H,1-2H3;1H/q+1;/p-1. The minimum atomic E-state index is 0. The Bertz CT molecular complexity index is 1560. The van der Waals surface area contributed by atoms with Crippen molar-refractivity contribution in [1.29, 1.82) is 0 Å². The fraction of sp³-hybridized carbons (Fsp3) is 0.0667. The van der Waals surface area contributed by atoms with Gasteiger partial charge in [-0.05, 0) is 48.4 Å². The number of pyridine rings is 1. The van der Waals surface area contributed by atoms with Crippen LogP contribution < -0.4 is 17.0 Å². The highest BCUT2D eigenvalue weighted by Crippen LogP contribution is 2.39. The number of benzene rings is 3. The fourth-order valence-electron chi connectivity index (χ4n) is 4.93. The number of aromatic nitrogens is 1. The van der Waals surface area contributed by atoms with Crippen molar-refractivity contribution in [2.75, 3.05) is 7.05 Å². The van der Waals surface area contributed by atoms with Gasteiger partial charge in [0.1, 0.15) is 12.9 Å². The van der Waals surface area contributed by atoms with Crippen LogP contribution in [0.4, 0.5) is 11.5 Å². The SMILES string of the molecule is Cc1c(-c2ccccc2)c(N=C2C(c3ccccc3)=[N+](C)c3ccccc32)n2ccccc12.[Br-]. The predicted octanol–water partition coefficient (Wildman–Crippen LogP) is 3.82. The summed E-state index contributed by atoms with van der Waals surface area (Å²) in [5, 5.41) is 0. The molecule has 0 N–H and O–H groups in total. The maximum Gasteiger partial charge on any atom is 0.239 e. The summed E-state index contributed by atoms with van der Waals surface area (Å²) in [5.41, 5.74) is 10.4. The molecule has 1 aliphatic rings. The number of fused-ring (bicyclic) bond motifs is 2. The summed E-state index contributed by atoms with van der Waals surface area (Å²) in [6.07, 6.45) is 2.11. The van der Waals surface area contributed by atoms with E-state index in [0.717, 1.165) is 28.4 Å². The number of rotatable bonds is 3. The molecule has 2 aromatic heterocycles. The first-order chi connectivity index (χ1) is 16.2. The molecule has 3 heterocycles. The van der Waals surface area contributed by atoms with Crippen molar-refractivity contribution in [3.8, 4) is 11.1 Å². The molecule has 0 saturated carbocycles. The molecule has 0 unspecified atom stereocenters. The highest BCUT2D eigenvalue weighted by atomic mass is 79.9. The Labute approximate surface area is 210 Å². The zero-order valence-electron chi connectivity index (χ0n) is 19.1. The molecule has 34 heavy (non-hydrogen) atoms. The number of nitrogens with zero attached hydrogens (tertiary/aromatic N) is 3. The molecular weight excluding hydrogens is 482 g/mol. The summed E-state index contributed by atoms with van der Waals surface area (Å²) < 4.78 is 4.47. The Morgan fingerprint density at radius 2 is 1.32 bits per heavy atom. The monoisotopic (exact) mass is 505 g/mol. The van der Waals surface area contributed by atoms with Gasteiger partial charge >= 0.3 is 0 Å². The van der Waals surface area contributed by atoms with E-state index in [4.69, 9.17) is 4.99 Å². The van der Waals surface area contributed by atoms with Crippen LogP contribution in [0, 0.1) is 6.92 Å². The molecule has 0 fully saturated rings. The average molecular weight is 506 g/mol. The Balaban J connectivity index is 0.00000241. The van der Waals surface area contributed by atoms with Gasteiger partial charge in [0.25, 0.3) is 0 Å². The van der Waals surface area contributed by atoms with Crippen LogP contribution in [0.2, 0.25) is 0 Å². The van der Waals surface area contributed by atoms with Gasteiger partial charge in [-0.25, -0.2) is 4.99 Å². The van der Waals surface area contributed by atoms with E-state index in [-0.39, 0.29) is 17.0 Å². The van der Waals surface area contributed by atoms with Gasteiger partial charge in [0.15, 0.2) is 5.71 Å². The van der Waals surface area contributed by atoms with Gasteiger partial charge in [-0.3, -0.25) is 0 Å². The Morgan fingerprint density at radius 1 is 0.706 bits per heavy atom. The van der Waals surface area contributed by atoms with Crippen molar-refractivity contribution in [2.45, 2.75) is 6.92 Å². The molecular formula is C30H24BrN3. The van der Waals surface area contributed by atoms with E-state index in [9.17, 15) is 0 Å². The van der Waals surface area contributed by atoms with Crippen LogP contribution in [0.1, 0.15) is 16.7 Å². The third kappa shape index (κ3) is 3.42. The second-order valence-electron chi connectivity index (χ2n) is 8.40. The quantitative estimate of drug-likeness (QED) is 0.332. The number of hydrogen-bond donors (Lipinski definition) is 0. The van der Waals surface area contributed by atoms with Crippen LogP contribution in [0.3, 0.4) is 0 Å². The van der Waals surface area contributed by atoms with Gasteiger partial charge in [-0.2, -0.15) is 4.58 Å². The highest BCUT2D eigenvalue weighted by Gasteiger charge is 2.35. The van der Waals surface area contributed by atoms with E-state index < -0.39 is 0 Å². The molecule has 3 nitrogen and oxygen atoms in total. The van der Waals surface area contributed by atoms with Gasteiger partial charge in [0.2, 0.25) is 11.4 Å². The first-order valence-corrected chi connectivity index (χ1v) is 11.2. The molecule has 4 heteroatoms. The predicted molar refractivity (Wildman–Crippen MR) is 137 cm³/mol. The molecule has 0 aliphatic carbocycles. The summed E-state index contributed by atoms with van der Waals surface area (Å²) in [7, 11) is 2.13.